The number of thioether (sulfide) groups is 1. The number of pyridine rings is 2. The first-order valence-electron chi connectivity index (χ1n) is 8.65. The lowest BCUT2D eigenvalue weighted by atomic mass is 10.1. The van der Waals surface area contributed by atoms with Crippen molar-refractivity contribution in [3.05, 3.63) is 60.6 Å². The fourth-order valence-corrected chi connectivity index (χ4v) is 3.66. The minimum absolute atomic E-state index is 0. The summed E-state index contributed by atoms with van der Waals surface area (Å²) in [5, 5.41) is 0.760. The van der Waals surface area contributed by atoms with Gasteiger partial charge in [0.05, 0.1) is 23.9 Å². The highest BCUT2D eigenvalue weighted by molar-refractivity contribution is 7.99. The maximum Gasteiger partial charge on any atom is 0.416 e. The Morgan fingerprint density at radius 2 is 1.79 bits per heavy atom. The van der Waals surface area contributed by atoms with E-state index in [0.29, 0.717) is 12.1 Å². The summed E-state index contributed by atoms with van der Waals surface area (Å²) in [4.78, 5) is 9.03. The molecule has 0 aliphatic heterocycles. The van der Waals surface area contributed by atoms with E-state index in [1.54, 1.807) is 30.4 Å². The third-order valence-electron chi connectivity index (χ3n) is 3.98. The summed E-state index contributed by atoms with van der Waals surface area (Å²) in [6.45, 7) is 0.648. The summed E-state index contributed by atoms with van der Waals surface area (Å²) in [5.74, 6) is 1.67. The molecular formula is C20H21Cl2F3N2OS. The smallest absolute Gasteiger partial charge is 0.416 e. The lowest BCUT2D eigenvalue weighted by Gasteiger charge is -2.10. The molecule has 0 fully saturated rings. The first kappa shape index (κ1) is 25.3. The molecule has 3 nitrogen and oxygen atoms in total. The molecule has 0 unspecified atom stereocenters. The molecule has 2 aromatic heterocycles. The number of nitrogens with zero attached hydrogens (tertiary/aromatic N) is 2. The Kier molecular flexibility index (Phi) is 10.6. The van der Waals surface area contributed by atoms with Gasteiger partial charge in [0.2, 0.25) is 0 Å². The first-order chi connectivity index (χ1) is 13.0. The summed E-state index contributed by atoms with van der Waals surface area (Å²) in [6.07, 6.45) is 3.58. The Balaban J connectivity index is 0.00000210. The second-order valence-electron chi connectivity index (χ2n) is 5.99. The lowest BCUT2D eigenvalue weighted by Crippen LogP contribution is -2.04. The lowest BCUT2D eigenvalue weighted by molar-refractivity contribution is -0.137. The molecule has 0 amide bonds. The molecule has 2 heterocycles. The average molecular weight is 465 g/mol. The number of hydrogen-bond donors (Lipinski definition) is 0. The molecule has 3 aromatic rings. The zero-order valence-electron chi connectivity index (χ0n) is 15.4. The quantitative estimate of drug-likeness (QED) is 0.270. The number of aromatic nitrogens is 2. The van der Waals surface area contributed by atoms with E-state index in [-0.39, 0.29) is 24.8 Å². The number of unbranched alkanes of at least 4 members (excludes halogenated alkanes) is 2. The summed E-state index contributed by atoms with van der Waals surface area (Å²) in [5.41, 5.74) is -0.294. The molecule has 158 valence electrons. The van der Waals surface area contributed by atoms with Gasteiger partial charge < -0.3 is 4.74 Å². The number of ether oxygens (including phenoxy) is 1. The van der Waals surface area contributed by atoms with E-state index in [0.717, 1.165) is 53.2 Å². The van der Waals surface area contributed by atoms with Crippen LogP contribution in [0.25, 0.3) is 10.9 Å². The van der Waals surface area contributed by atoms with Gasteiger partial charge in [-0.05, 0) is 55.3 Å². The fraction of sp³-hybridized carbons (Fsp3) is 0.300. The van der Waals surface area contributed by atoms with E-state index < -0.39 is 11.7 Å². The zero-order valence-corrected chi connectivity index (χ0v) is 17.8. The fourth-order valence-electron chi connectivity index (χ4n) is 2.61. The van der Waals surface area contributed by atoms with Gasteiger partial charge in [-0.1, -0.05) is 6.07 Å². The average Bonchev–Trinajstić information content (AvgIpc) is 2.67. The van der Waals surface area contributed by atoms with Crippen LogP contribution in [0, 0.1) is 0 Å². The van der Waals surface area contributed by atoms with E-state index >= 15 is 0 Å². The normalized spacial score (nSPS) is 10.9. The first-order valence-corrected chi connectivity index (χ1v) is 9.64. The van der Waals surface area contributed by atoms with Crippen molar-refractivity contribution in [3.8, 4) is 5.75 Å². The van der Waals surface area contributed by atoms with E-state index in [9.17, 15) is 13.2 Å². The van der Waals surface area contributed by atoms with Gasteiger partial charge in [-0.15, -0.1) is 36.6 Å². The Labute approximate surface area is 184 Å². The van der Waals surface area contributed by atoms with Crippen LogP contribution < -0.4 is 4.74 Å². The summed E-state index contributed by atoms with van der Waals surface area (Å²) < 4.78 is 44.1. The number of hydrogen-bond acceptors (Lipinski definition) is 4. The molecule has 3 rings (SSSR count). The van der Waals surface area contributed by atoms with E-state index in [1.165, 1.54) is 6.07 Å². The van der Waals surface area contributed by atoms with Gasteiger partial charge in [-0.2, -0.15) is 13.2 Å². The van der Waals surface area contributed by atoms with Crippen molar-refractivity contribution in [3.63, 3.8) is 0 Å². The van der Waals surface area contributed by atoms with Gasteiger partial charge >= 0.3 is 6.18 Å². The molecule has 0 saturated carbocycles. The maximum atomic E-state index is 12.8. The predicted molar refractivity (Wildman–Crippen MR) is 116 cm³/mol. The van der Waals surface area contributed by atoms with E-state index in [1.807, 2.05) is 18.2 Å². The van der Waals surface area contributed by atoms with Gasteiger partial charge in [-0.25, -0.2) is 0 Å². The second kappa shape index (κ2) is 12.1. The monoisotopic (exact) mass is 464 g/mol. The van der Waals surface area contributed by atoms with Gasteiger partial charge in [0.1, 0.15) is 5.75 Å². The van der Waals surface area contributed by atoms with Crippen LogP contribution >= 0.6 is 36.6 Å². The molecule has 0 saturated heterocycles. The van der Waals surface area contributed by atoms with E-state index in [2.05, 4.69) is 9.97 Å². The van der Waals surface area contributed by atoms with Crippen LogP contribution in [0.4, 0.5) is 13.2 Å². The topological polar surface area (TPSA) is 35.0 Å². The van der Waals surface area contributed by atoms with Gasteiger partial charge in [0.25, 0.3) is 0 Å². The highest BCUT2D eigenvalue weighted by Crippen LogP contribution is 2.33. The van der Waals surface area contributed by atoms with Gasteiger partial charge in [0.15, 0.2) is 0 Å². The third-order valence-corrected chi connectivity index (χ3v) is 5.14. The molecule has 0 radical (unpaired) electrons. The summed E-state index contributed by atoms with van der Waals surface area (Å²) >= 11 is 1.65. The Morgan fingerprint density at radius 1 is 0.966 bits per heavy atom. The number of rotatable bonds is 8. The summed E-state index contributed by atoms with van der Waals surface area (Å²) in [6, 6.07) is 9.30. The number of fused-ring (bicyclic) bond motifs is 1. The molecule has 0 bridgehead atoms. The SMILES string of the molecule is Cl.Cl.FC(F)(F)c1ccc2c(SCCCCCOc3cccnc3)ccnc2c1. The van der Waals surface area contributed by atoms with Crippen LogP contribution in [0.3, 0.4) is 0 Å². The standard InChI is InChI=1S/C20H19F3N2OS.2ClH/c21-20(22,23)15-6-7-17-18(13-15)25-10-8-19(17)27-12-3-1-2-11-26-16-5-4-9-24-14-16;;/h4-10,13-14H,1-3,11-12H2;2*1H. The van der Waals surface area contributed by atoms with Gasteiger partial charge in [-0.3, -0.25) is 9.97 Å². The van der Waals surface area contributed by atoms with E-state index in [4.69, 9.17) is 4.74 Å². The van der Waals surface area contributed by atoms with Crippen LogP contribution in [-0.2, 0) is 6.18 Å². The molecule has 0 N–H and O–H groups in total. The molecule has 29 heavy (non-hydrogen) atoms. The van der Waals surface area contributed by atoms with Crippen molar-refractivity contribution < 1.29 is 17.9 Å². The minimum atomic E-state index is -4.35. The molecular weight excluding hydrogens is 444 g/mol. The van der Waals surface area contributed by atoms with Crippen molar-refractivity contribution in [2.45, 2.75) is 30.3 Å². The molecule has 0 spiro atoms. The molecule has 9 heteroatoms. The molecule has 1 aromatic carbocycles. The molecule has 0 aliphatic rings. The zero-order chi connectivity index (χ0) is 19.1. The number of benzene rings is 1. The van der Waals surface area contributed by atoms with Gasteiger partial charge in [0, 0.05) is 22.7 Å². The highest BCUT2D eigenvalue weighted by Gasteiger charge is 2.30. The van der Waals surface area contributed by atoms with Crippen LogP contribution in [0.5, 0.6) is 5.75 Å². The van der Waals surface area contributed by atoms with Crippen molar-refractivity contribution >= 4 is 47.5 Å². The highest BCUT2D eigenvalue weighted by atomic mass is 35.5. The Morgan fingerprint density at radius 3 is 2.52 bits per heavy atom. The van der Waals surface area contributed by atoms with Crippen molar-refractivity contribution in [2.75, 3.05) is 12.4 Å². The van der Waals surface area contributed by atoms with Crippen molar-refractivity contribution in [2.24, 2.45) is 0 Å². The van der Waals surface area contributed by atoms with Crippen LogP contribution in [0.1, 0.15) is 24.8 Å². The number of alkyl halides is 3. The Hall–Kier alpha value is -1.70. The molecule has 0 aliphatic carbocycles. The van der Waals surface area contributed by atoms with Crippen molar-refractivity contribution in [1.82, 2.24) is 9.97 Å². The molecule has 0 atom stereocenters. The van der Waals surface area contributed by atoms with Crippen molar-refractivity contribution in [1.29, 1.82) is 0 Å². The van der Waals surface area contributed by atoms with Crippen LogP contribution in [0.15, 0.2) is 59.9 Å². The maximum absolute atomic E-state index is 12.8. The third kappa shape index (κ3) is 7.57. The summed E-state index contributed by atoms with van der Waals surface area (Å²) in [7, 11) is 0. The van der Waals surface area contributed by atoms with Crippen LogP contribution in [-0.4, -0.2) is 22.3 Å². The number of halogens is 5. The second-order valence-corrected chi connectivity index (χ2v) is 7.12. The largest absolute Gasteiger partial charge is 0.492 e. The Bertz CT molecular complexity index is 882. The predicted octanol–water partition coefficient (Wildman–Crippen LogP) is 6.83. The van der Waals surface area contributed by atoms with Crippen LogP contribution in [0.2, 0.25) is 0 Å². The minimum Gasteiger partial charge on any atom is -0.492 e.